The second-order valence-corrected chi connectivity index (χ2v) is 4.52. The quantitative estimate of drug-likeness (QED) is 0.357. The number of hydrogen-bond acceptors (Lipinski definition) is 6. The molecule has 0 aromatic heterocycles. The van der Waals surface area contributed by atoms with Crippen LogP contribution in [0.15, 0.2) is 0 Å². The molecule has 0 radical (unpaired) electrons. The summed E-state index contributed by atoms with van der Waals surface area (Å²) in [5.41, 5.74) is 0. The molecule has 0 rings (SSSR count). The number of carbonyl (C=O) groups is 3. The lowest BCUT2D eigenvalue weighted by atomic mass is 10.2. The fourth-order valence-corrected chi connectivity index (χ4v) is 1.37. The van der Waals surface area contributed by atoms with E-state index in [0.717, 1.165) is 0 Å². The van der Waals surface area contributed by atoms with Crippen LogP contribution in [0.5, 0.6) is 0 Å². The van der Waals surface area contributed by atoms with Gasteiger partial charge in [-0.3, -0.25) is 14.4 Å². The third-order valence-corrected chi connectivity index (χ3v) is 2.44. The van der Waals surface area contributed by atoms with Crippen LogP contribution in [0.25, 0.3) is 0 Å². The molecule has 0 aromatic rings. The molecule has 0 heterocycles. The zero-order chi connectivity index (χ0) is 16.8. The fourth-order valence-electron chi connectivity index (χ4n) is 1.37. The van der Waals surface area contributed by atoms with Crippen molar-refractivity contribution in [1.29, 1.82) is 0 Å². The van der Waals surface area contributed by atoms with E-state index in [-0.39, 0.29) is 64.8 Å². The Kier molecular flexibility index (Phi) is 12.0. The van der Waals surface area contributed by atoms with Gasteiger partial charge in [0.15, 0.2) is 0 Å². The first-order valence-electron chi connectivity index (χ1n) is 6.80. The first-order valence-corrected chi connectivity index (χ1v) is 6.80. The van der Waals surface area contributed by atoms with E-state index in [4.69, 9.17) is 29.5 Å². The third-order valence-electron chi connectivity index (χ3n) is 2.44. The largest absolute Gasteiger partial charge is 0.481 e. The van der Waals surface area contributed by atoms with Gasteiger partial charge in [0.05, 0.1) is 58.9 Å². The minimum Gasteiger partial charge on any atom is -0.481 e. The molecular weight excluding hydrogens is 300 g/mol. The highest BCUT2D eigenvalue weighted by Gasteiger charge is 2.11. The number of carboxylic acid groups (broad SMARTS) is 3. The Morgan fingerprint density at radius 1 is 0.636 bits per heavy atom. The third kappa shape index (κ3) is 14.7. The van der Waals surface area contributed by atoms with Crippen LogP contribution in [0.2, 0.25) is 0 Å². The van der Waals surface area contributed by atoms with Crippen molar-refractivity contribution in [2.24, 2.45) is 5.92 Å². The number of aliphatic carboxylic acids is 3. The lowest BCUT2D eigenvalue weighted by Gasteiger charge is -2.17. The van der Waals surface area contributed by atoms with Gasteiger partial charge in [-0.25, -0.2) is 0 Å². The van der Waals surface area contributed by atoms with Crippen LogP contribution < -0.4 is 0 Å². The molecule has 0 spiro atoms. The highest BCUT2D eigenvalue weighted by molar-refractivity contribution is 5.67. The number of rotatable bonds is 15. The summed E-state index contributed by atoms with van der Waals surface area (Å²) in [6.07, 6.45) is -0.356. The van der Waals surface area contributed by atoms with Crippen LogP contribution in [-0.4, -0.2) is 72.9 Å². The van der Waals surface area contributed by atoms with E-state index < -0.39 is 17.9 Å². The van der Waals surface area contributed by atoms with Crippen molar-refractivity contribution >= 4 is 17.9 Å². The van der Waals surface area contributed by atoms with Crippen molar-refractivity contribution in [2.45, 2.75) is 19.3 Å². The summed E-state index contributed by atoms with van der Waals surface area (Å²) in [6, 6.07) is 0. The summed E-state index contributed by atoms with van der Waals surface area (Å²) in [4.78, 5) is 31.1. The van der Waals surface area contributed by atoms with Gasteiger partial charge in [0, 0.05) is 5.92 Å². The van der Waals surface area contributed by atoms with Crippen molar-refractivity contribution in [2.75, 3.05) is 39.6 Å². The number of ether oxygens (including phenoxy) is 3. The van der Waals surface area contributed by atoms with Crippen LogP contribution >= 0.6 is 0 Å². The Balaban J connectivity index is 3.93. The molecule has 9 heteroatoms. The molecule has 0 atom stereocenters. The molecule has 0 aliphatic carbocycles. The van der Waals surface area contributed by atoms with Gasteiger partial charge in [0.1, 0.15) is 0 Å². The average Bonchev–Trinajstić information content (AvgIpc) is 2.42. The van der Waals surface area contributed by atoms with Crippen LogP contribution in [0.4, 0.5) is 0 Å². The zero-order valence-electron chi connectivity index (χ0n) is 12.2. The second-order valence-electron chi connectivity index (χ2n) is 4.52. The molecule has 0 unspecified atom stereocenters. The van der Waals surface area contributed by atoms with E-state index in [2.05, 4.69) is 0 Å². The van der Waals surface area contributed by atoms with Crippen molar-refractivity contribution in [3.05, 3.63) is 0 Å². The Hall–Kier alpha value is -1.71. The summed E-state index contributed by atoms with van der Waals surface area (Å²) in [6.45, 7) is 0.719. The van der Waals surface area contributed by atoms with Crippen LogP contribution in [-0.2, 0) is 28.6 Å². The summed E-state index contributed by atoms with van der Waals surface area (Å²) in [5, 5.41) is 25.5. The van der Waals surface area contributed by atoms with E-state index in [1.165, 1.54) is 0 Å². The predicted molar refractivity (Wildman–Crippen MR) is 72.7 cm³/mol. The van der Waals surface area contributed by atoms with Gasteiger partial charge in [0.25, 0.3) is 0 Å². The normalized spacial score (nSPS) is 10.8. The van der Waals surface area contributed by atoms with Crippen molar-refractivity contribution in [3.8, 4) is 0 Å². The number of carboxylic acids is 3. The molecule has 0 saturated carbocycles. The Morgan fingerprint density at radius 2 is 0.909 bits per heavy atom. The molecule has 0 amide bonds. The molecule has 0 aromatic carbocycles. The zero-order valence-corrected chi connectivity index (χ0v) is 12.2. The minimum absolute atomic E-state index is 0.0517. The molecule has 0 saturated heterocycles. The lowest BCUT2D eigenvalue weighted by Crippen LogP contribution is -2.24. The number of hydrogen-bond donors (Lipinski definition) is 3. The fraction of sp³-hybridized carbons (Fsp3) is 0.769. The predicted octanol–water partition coefficient (Wildman–Crippen LogP) is 0.0765. The van der Waals surface area contributed by atoms with Crippen LogP contribution in [0.3, 0.4) is 0 Å². The Bertz CT molecular complexity index is 290. The minimum atomic E-state index is -0.966. The van der Waals surface area contributed by atoms with Gasteiger partial charge in [-0.2, -0.15) is 0 Å². The first-order chi connectivity index (χ1) is 10.4. The molecule has 22 heavy (non-hydrogen) atoms. The second kappa shape index (κ2) is 13.0. The maximum Gasteiger partial charge on any atom is 0.305 e. The van der Waals surface area contributed by atoms with Gasteiger partial charge >= 0.3 is 17.9 Å². The van der Waals surface area contributed by atoms with Gasteiger partial charge in [-0.1, -0.05) is 0 Å². The molecule has 0 fully saturated rings. The first kappa shape index (κ1) is 20.3. The SMILES string of the molecule is O=C(O)CCOCC(COCCC(=O)O)COCCC(=O)O. The maximum atomic E-state index is 10.4. The highest BCUT2D eigenvalue weighted by atomic mass is 16.5. The van der Waals surface area contributed by atoms with Gasteiger partial charge in [0.2, 0.25) is 0 Å². The standard InChI is InChI=1S/C13H22O9/c14-11(15)1-4-20-7-10(8-21-5-2-12(16)17)9-22-6-3-13(18)19/h10H,1-9H2,(H,14,15)(H,16,17)(H,18,19). The molecule has 0 bridgehead atoms. The smallest absolute Gasteiger partial charge is 0.305 e. The maximum absolute atomic E-state index is 10.4. The van der Waals surface area contributed by atoms with Gasteiger partial charge < -0.3 is 29.5 Å². The molecular formula is C13H22O9. The monoisotopic (exact) mass is 322 g/mol. The average molecular weight is 322 g/mol. The molecule has 3 N–H and O–H groups in total. The van der Waals surface area contributed by atoms with Gasteiger partial charge in [-0.15, -0.1) is 0 Å². The lowest BCUT2D eigenvalue weighted by molar-refractivity contribution is -0.139. The van der Waals surface area contributed by atoms with Crippen molar-refractivity contribution in [1.82, 2.24) is 0 Å². The van der Waals surface area contributed by atoms with Crippen molar-refractivity contribution in [3.63, 3.8) is 0 Å². The van der Waals surface area contributed by atoms with Crippen LogP contribution in [0, 0.1) is 5.92 Å². The van der Waals surface area contributed by atoms with E-state index in [1.807, 2.05) is 0 Å². The molecule has 9 nitrogen and oxygen atoms in total. The van der Waals surface area contributed by atoms with Crippen molar-refractivity contribution < 1.29 is 43.9 Å². The molecule has 128 valence electrons. The summed E-state index contributed by atoms with van der Waals surface area (Å²) >= 11 is 0. The summed E-state index contributed by atoms with van der Waals surface area (Å²) < 4.78 is 15.6. The molecule has 0 aliphatic rings. The molecule has 0 aliphatic heterocycles. The summed E-state index contributed by atoms with van der Waals surface area (Å²) in [5.74, 6) is -3.12. The van der Waals surface area contributed by atoms with E-state index >= 15 is 0 Å². The van der Waals surface area contributed by atoms with Crippen LogP contribution in [0.1, 0.15) is 19.3 Å². The summed E-state index contributed by atoms with van der Waals surface area (Å²) in [7, 11) is 0. The van der Waals surface area contributed by atoms with E-state index in [1.54, 1.807) is 0 Å². The topological polar surface area (TPSA) is 140 Å². The Labute approximate surface area is 127 Å². The van der Waals surface area contributed by atoms with E-state index in [9.17, 15) is 14.4 Å². The highest BCUT2D eigenvalue weighted by Crippen LogP contribution is 2.02. The Morgan fingerprint density at radius 3 is 1.14 bits per heavy atom. The van der Waals surface area contributed by atoms with Gasteiger partial charge in [-0.05, 0) is 0 Å². The van der Waals surface area contributed by atoms with E-state index in [0.29, 0.717) is 0 Å².